The van der Waals surface area contributed by atoms with Crippen molar-refractivity contribution in [1.29, 1.82) is 0 Å². The molecule has 6 nitrogen and oxygen atoms in total. The highest BCUT2D eigenvalue weighted by Crippen LogP contribution is 2.44. The number of fused-ring (bicyclic) bond motifs is 1. The summed E-state index contributed by atoms with van der Waals surface area (Å²) in [4.78, 5) is 14.4. The minimum Gasteiger partial charge on any atom is -0.384 e. The van der Waals surface area contributed by atoms with Crippen LogP contribution in [0.4, 0.5) is 4.39 Å². The van der Waals surface area contributed by atoms with Gasteiger partial charge in [0.2, 0.25) is 15.9 Å². The first-order valence-corrected chi connectivity index (χ1v) is 10.6. The van der Waals surface area contributed by atoms with Gasteiger partial charge in [0.05, 0.1) is 19.3 Å². The molecule has 2 heterocycles. The fourth-order valence-electron chi connectivity index (χ4n) is 4.15. The monoisotopic (exact) mass is 384 g/mol. The van der Waals surface area contributed by atoms with Crippen LogP contribution in [-0.2, 0) is 26.0 Å². The Morgan fingerprint density at radius 3 is 2.73 bits per heavy atom. The third-order valence-corrected chi connectivity index (χ3v) is 6.87. The molecule has 0 radical (unpaired) electrons. The standard InChI is InChI=1S/C18H25FN2O4S/c1-25-13-18-7-8-20(10-15(18)11-21(12-18)26(2,23)24)17(22)9-14-5-3-4-6-16(14)19/h3-6,15H,7-13H2,1-2H3/t15-,18+/m1/s1. The second kappa shape index (κ2) is 7.25. The molecular formula is C18H25FN2O4S. The molecular weight excluding hydrogens is 359 g/mol. The molecule has 8 heteroatoms. The minimum atomic E-state index is -3.28. The maximum atomic E-state index is 13.8. The Labute approximate surface area is 154 Å². The predicted molar refractivity (Wildman–Crippen MR) is 95.5 cm³/mol. The second-order valence-electron chi connectivity index (χ2n) is 7.41. The number of sulfonamides is 1. The number of nitrogens with zero attached hydrogens (tertiary/aromatic N) is 2. The van der Waals surface area contributed by atoms with Gasteiger partial charge in [-0.1, -0.05) is 18.2 Å². The van der Waals surface area contributed by atoms with Crippen LogP contribution in [0.3, 0.4) is 0 Å². The Morgan fingerprint density at radius 2 is 2.08 bits per heavy atom. The number of carbonyl (C=O) groups excluding carboxylic acids is 1. The second-order valence-corrected chi connectivity index (χ2v) is 9.39. The Kier molecular flexibility index (Phi) is 5.37. The Balaban J connectivity index is 1.73. The van der Waals surface area contributed by atoms with E-state index in [2.05, 4.69) is 0 Å². The number of hydrogen-bond acceptors (Lipinski definition) is 4. The SMILES string of the molecule is COC[C@@]12CCN(C(=O)Cc3ccccc3F)C[C@@H]1CN(S(C)(=O)=O)C2. The van der Waals surface area contributed by atoms with E-state index in [0.29, 0.717) is 44.8 Å². The zero-order chi connectivity index (χ0) is 18.9. The first-order chi connectivity index (χ1) is 12.2. The van der Waals surface area contributed by atoms with Gasteiger partial charge in [0, 0.05) is 38.7 Å². The minimum absolute atomic E-state index is 0.0203. The third-order valence-electron chi connectivity index (χ3n) is 5.65. The number of carbonyl (C=O) groups is 1. The molecule has 2 aliphatic heterocycles. The molecule has 1 aromatic rings. The molecule has 1 aromatic carbocycles. The van der Waals surface area contributed by atoms with Crippen LogP contribution >= 0.6 is 0 Å². The lowest BCUT2D eigenvalue weighted by Crippen LogP contribution is -2.51. The number of piperidine rings is 1. The van der Waals surface area contributed by atoms with E-state index in [1.54, 1.807) is 30.2 Å². The van der Waals surface area contributed by atoms with E-state index in [4.69, 9.17) is 4.74 Å². The van der Waals surface area contributed by atoms with E-state index < -0.39 is 10.0 Å². The number of likely N-dealkylation sites (tertiary alicyclic amines) is 1. The Morgan fingerprint density at radius 1 is 1.35 bits per heavy atom. The van der Waals surface area contributed by atoms with Crippen molar-refractivity contribution < 1.29 is 22.3 Å². The Hall–Kier alpha value is -1.51. The lowest BCUT2D eigenvalue weighted by atomic mass is 9.73. The molecule has 0 N–H and O–H groups in total. The predicted octanol–water partition coefficient (Wildman–Crippen LogP) is 1.12. The van der Waals surface area contributed by atoms with Crippen molar-refractivity contribution in [2.24, 2.45) is 11.3 Å². The number of ether oxygens (including phenoxy) is 1. The maximum absolute atomic E-state index is 13.8. The molecule has 2 fully saturated rings. The fraction of sp³-hybridized carbons (Fsp3) is 0.611. The molecule has 0 aromatic heterocycles. The molecule has 0 bridgehead atoms. The molecule has 0 unspecified atom stereocenters. The summed E-state index contributed by atoms with van der Waals surface area (Å²) in [5, 5.41) is 0. The van der Waals surface area contributed by atoms with Crippen LogP contribution in [0.1, 0.15) is 12.0 Å². The number of rotatable bonds is 5. The van der Waals surface area contributed by atoms with E-state index in [0.717, 1.165) is 0 Å². The van der Waals surface area contributed by atoms with E-state index >= 15 is 0 Å². The summed E-state index contributed by atoms with van der Waals surface area (Å²) in [6.45, 7) is 2.30. The smallest absolute Gasteiger partial charge is 0.227 e. The van der Waals surface area contributed by atoms with Gasteiger partial charge in [-0.15, -0.1) is 0 Å². The van der Waals surface area contributed by atoms with E-state index in [9.17, 15) is 17.6 Å². The zero-order valence-corrected chi connectivity index (χ0v) is 16.0. The largest absolute Gasteiger partial charge is 0.384 e. The molecule has 2 saturated heterocycles. The van der Waals surface area contributed by atoms with Crippen LogP contribution in [0.5, 0.6) is 0 Å². The van der Waals surface area contributed by atoms with Crippen molar-refractivity contribution in [3.05, 3.63) is 35.6 Å². The van der Waals surface area contributed by atoms with Crippen LogP contribution in [-0.4, -0.2) is 69.7 Å². The van der Waals surface area contributed by atoms with E-state index in [1.165, 1.54) is 16.6 Å². The van der Waals surface area contributed by atoms with Crippen molar-refractivity contribution in [1.82, 2.24) is 9.21 Å². The van der Waals surface area contributed by atoms with Crippen LogP contribution in [0.2, 0.25) is 0 Å². The molecule has 0 aliphatic carbocycles. The summed E-state index contributed by atoms with van der Waals surface area (Å²) >= 11 is 0. The van der Waals surface area contributed by atoms with Gasteiger partial charge in [-0.2, -0.15) is 0 Å². The van der Waals surface area contributed by atoms with Crippen molar-refractivity contribution in [3.63, 3.8) is 0 Å². The zero-order valence-electron chi connectivity index (χ0n) is 15.2. The van der Waals surface area contributed by atoms with Gasteiger partial charge in [0.15, 0.2) is 0 Å². The normalized spacial score (nSPS) is 26.7. The van der Waals surface area contributed by atoms with Gasteiger partial charge in [-0.05, 0) is 24.0 Å². The molecule has 0 spiro atoms. The van der Waals surface area contributed by atoms with E-state index in [1.807, 2.05) is 0 Å². The number of methoxy groups -OCH3 is 1. The quantitative estimate of drug-likeness (QED) is 0.763. The van der Waals surface area contributed by atoms with Crippen LogP contribution in [0.15, 0.2) is 24.3 Å². The molecule has 2 atom stereocenters. The first kappa shape index (κ1) is 19.3. The summed E-state index contributed by atoms with van der Waals surface area (Å²) in [6, 6.07) is 6.28. The van der Waals surface area contributed by atoms with Crippen molar-refractivity contribution >= 4 is 15.9 Å². The van der Waals surface area contributed by atoms with Gasteiger partial charge < -0.3 is 9.64 Å². The van der Waals surface area contributed by atoms with Gasteiger partial charge in [-0.25, -0.2) is 17.1 Å². The molecule has 0 saturated carbocycles. The number of halogens is 1. The van der Waals surface area contributed by atoms with Crippen molar-refractivity contribution in [2.75, 3.05) is 46.2 Å². The lowest BCUT2D eigenvalue weighted by molar-refractivity contribution is -0.135. The molecule has 144 valence electrons. The van der Waals surface area contributed by atoms with Crippen LogP contribution < -0.4 is 0 Å². The van der Waals surface area contributed by atoms with Crippen molar-refractivity contribution in [3.8, 4) is 0 Å². The highest BCUT2D eigenvalue weighted by atomic mass is 32.2. The van der Waals surface area contributed by atoms with Crippen molar-refractivity contribution in [2.45, 2.75) is 12.8 Å². The number of hydrogen-bond donors (Lipinski definition) is 0. The topological polar surface area (TPSA) is 66.9 Å². The average Bonchev–Trinajstić information content (AvgIpc) is 2.96. The summed E-state index contributed by atoms with van der Waals surface area (Å²) in [5.41, 5.74) is 0.127. The molecule has 1 amide bonds. The van der Waals surface area contributed by atoms with Gasteiger partial charge in [0.1, 0.15) is 5.82 Å². The summed E-state index contributed by atoms with van der Waals surface area (Å²) in [7, 11) is -1.67. The number of benzene rings is 1. The summed E-state index contributed by atoms with van der Waals surface area (Å²) in [6.07, 6.45) is 1.92. The average molecular weight is 384 g/mol. The highest BCUT2D eigenvalue weighted by molar-refractivity contribution is 7.88. The Bertz CT molecular complexity index is 785. The molecule has 26 heavy (non-hydrogen) atoms. The summed E-state index contributed by atoms with van der Waals surface area (Å²) < 4.78 is 44.6. The number of amides is 1. The van der Waals surface area contributed by atoms with Gasteiger partial charge >= 0.3 is 0 Å². The van der Waals surface area contributed by atoms with E-state index in [-0.39, 0.29) is 29.5 Å². The summed E-state index contributed by atoms with van der Waals surface area (Å²) in [5.74, 6) is -0.481. The molecule has 3 rings (SSSR count). The highest BCUT2D eigenvalue weighted by Gasteiger charge is 2.52. The maximum Gasteiger partial charge on any atom is 0.227 e. The van der Waals surface area contributed by atoms with Gasteiger partial charge in [0.25, 0.3) is 0 Å². The fourth-order valence-corrected chi connectivity index (χ4v) is 5.09. The first-order valence-electron chi connectivity index (χ1n) is 8.70. The van der Waals surface area contributed by atoms with Gasteiger partial charge in [-0.3, -0.25) is 4.79 Å². The lowest BCUT2D eigenvalue weighted by Gasteiger charge is -2.43. The molecule has 2 aliphatic rings. The van der Waals surface area contributed by atoms with Crippen LogP contribution in [0.25, 0.3) is 0 Å². The van der Waals surface area contributed by atoms with Crippen LogP contribution in [0, 0.1) is 17.2 Å². The third kappa shape index (κ3) is 3.77.